The quantitative estimate of drug-likeness (QED) is 0.813. The zero-order chi connectivity index (χ0) is 16.7. The first-order valence-electron chi connectivity index (χ1n) is 8.04. The molecule has 0 amide bonds. The van der Waals surface area contributed by atoms with Gasteiger partial charge in [0.2, 0.25) is 0 Å². The Morgan fingerprint density at radius 1 is 1.26 bits per heavy atom. The summed E-state index contributed by atoms with van der Waals surface area (Å²) in [5.74, 6) is 0. The van der Waals surface area contributed by atoms with Crippen LogP contribution in [0.5, 0.6) is 0 Å². The first kappa shape index (κ1) is 17.2. The maximum atomic E-state index is 9.27. The van der Waals surface area contributed by atoms with Crippen molar-refractivity contribution in [1.82, 2.24) is 14.7 Å². The Balaban J connectivity index is 2.23. The third-order valence-electron chi connectivity index (χ3n) is 3.83. The van der Waals surface area contributed by atoms with Crippen LogP contribution in [-0.4, -0.2) is 39.5 Å². The number of aryl methyl sites for hydroxylation is 1. The van der Waals surface area contributed by atoms with Gasteiger partial charge in [-0.3, -0.25) is 9.58 Å². The number of aliphatic hydroxyl groups excluding tert-OH is 1. The van der Waals surface area contributed by atoms with E-state index < -0.39 is 0 Å². The van der Waals surface area contributed by atoms with Gasteiger partial charge in [0.15, 0.2) is 0 Å². The fourth-order valence-corrected chi connectivity index (χ4v) is 2.63. The van der Waals surface area contributed by atoms with Crippen LogP contribution in [0.4, 0.5) is 0 Å². The van der Waals surface area contributed by atoms with Crippen molar-refractivity contribution < 1.29 is 5.11 Å². The van der Waals surface area contributed by atoms with Crippen LogP contribution in [-0.2, 0) is 13.6 Å². The minimum atomic E-state index is 0.163. The third-order valence-corrected chi connectivity index (χ3v) is 3.83. The second-order valence-corrected chi connectivity index (χ2v) is 5.72. The molecule has 0 aliphatic carbocycles. The summed E-state index contributed by atoms with van der Waals surface area (Å²) in [7, 11) is 1.92. The number of nitrogens with zero attached hydrogens (tertiary/aromatic N) is 4. The highest BCUT2D eigenvalue weighted by atomic mass is 16.3. The van der Waals surface area contributed by atoms with Crippen molar-refractivity contribution in [3.8, 4) is 17.3 Å². The lowest BCUT2D eigenvalue weighted by molar-refractivity contribution is 0.188. The molecule has 5 nitrogen and oxygen atoms in total. The molecular weight excluding hydrogens is 288 g/mol. The molecule has 0 spiro atoms. The summed E-state index contributed by atoms with van der Waals surface area (Å²) in [5.41, 5.74) is 3.74. The van der Waals surface area contributed by atoms with Gasteiger partial charge in [0.1, 0.15) is 0 Å². The van der Waals surface area contributed by atoms with E-state index in [0.717, 1.165) is 42.8 Å². The van der Waals surface area contributed by atoms with Crippen molar-refractivity contribution in [1.29, 1.82) is 5.26 Å². The Hall–Kier alpha value is -2.16. The second-order valence-electron chi connectivity index (χ2n) is 5.72. The maximum absolute atomic E-state index is 9.27. The predicted molar refractivity (Wildman–Crippen MR) is 90.6 cm³/mol. The summed E-state index contributed by atoms with van der Waals surface area (Å²) in [6.07, 6.45) is 4.29. The monoisotopic (exact) mass is 312 g/mol. The van der Waals surface area contributed by atoms with Crippen molar-refractivity contribution in [2.24, 2.45) is 7.05 Å². The first-order valence-corrected chi connectivity index (χ1v) is 8.04. The van der Waals surface area contributed by atoms with Gasteiger partial charge in [0.25, 0.3) is 0 Å². The second kappa shape index (κ2) is 8.47. The van der Waals surface area contributed by atoms with Crippen LogP contribution >= 0.6 is 0 Å². The summed E-state index contributed by atoms with van der Waals surface area (Å²) in [6.45, 7) is 4.74. The van der Waals surface area contributed by atoms with Gasteiger partial charge in [0.05, 0.1) is 23.9 Å². The molecular formula is C18H24N4O. The molecule has 0 atom stereocenters. The van der Waals surface area contributed by atoms with E-state index in [-0.39, 0.29) is 6.61 Å². The molecule has 122 valence electrons. The van der Waals surface area contributed by atoms with Gasteiger partial charge in [-0.2, -0.15) is 10.4 Å². The van der Waals surface area contributed by atoms with Gasteiger partial charge in [-0.1, -0.05) is 25.5 Å². The van der Waals surface area contributed by atoms with E-state index in [9.17, 15) is 5.11 Å². The SMILES string of the molecule is CCCCN(CCO)Cc1cn(C)nc1-c1ccc(C#N)cc1. The predicted octanol–water partition coefficient (Wildman–Crippen LogP) is 2.55. The van der Waals surface area contributed by atoms with Gasteiger partial charge >= 0.3 is 0 Å². The molecule has 1 heterocycles. The largest absolute Gasteiger partial charge is 0.395 e. The third kappa shape index (κ3) is 4.65. The number of benzene rings is 1. The van der Waals surface area contributed by atoms with E-state index in [1.165, 1.54) is 0 Å². The van der Waals surface area contributed by atoms with Crippen molar-refractivity contribution >= 4 is 0 Å². The Bertz CT molecular complexity index is 655. The highest BCUT2D eigenvalue weighted by Gasteiger charge is 2.14. The summed E-state index contributed by atoms with van der Waals surface area (Å²) in [4.78, 5) is 2.26. The smallest absolute Gasteiger partial charge is 0.0991 e. The zero-order valence-electron chi connectivity index (χ0n) is 13.9. The van der Waals surface area contributed by atoms with Gasteiger partial charge in [-0.15, -0.1) is 0 Å². The molecule has 2 rings (SSSR count). The average Bonchev–Trinajstić information content (AvgIpc) is 2.93. The van der Waals surface area contributed by atoms with Gasteiger partial charge in [0, 0.05) is 37.5 Å². The Morgan fingerprint density at radius 3 is 2.61 bits per heavy atom. The summed E-state index contributed by atoms with van der Waals surface area (Å²) >= 11 is 0. The standard InChI is InChI=1S/C18H24N4O/c1-3-4-9-22(10-11-23)14-17-13-21(2)20-18(17)16-7-5-15(12-19)6-8-16/h5-8,13,23H,3-4,9-11,14H2,1-2H3. The molecule has 2 aromatic rings. The molecule has 23 heavy (non-hydrogen) atoms. The lowest BCUT2D eigenvalue weighted by Crippen LogP contribution is -2.27. The number of aromatic nitrogens is 2. The minimum Gasteiger partial charge on any atom is -0.395 e. The van der Waals surface area contributed by atoms with Crippen LogP contribution < -0.4 is 0 Å². The molecule has 1 aromatic carbocycles. The molecule has 0 unspecified atom stereocenters. The number of rotatable bonds is 8. The summed E-state index contributed by atoms with van der Waals surface area (Å²) in [5, 5.41) is 22.8. The van der Waals surface area contributed by atoms with E-state index in [1.54, 1.807) is 0 Å². The van der Waals surface area contributed by atoms with Crippen molar-refractivity contribution in [3.05, 3.63) is 41.6 Å². The first-order chi connectivity index (χ1) is 11.2. The molecule has 0 bridgehead atoms. The number of unbranched alkanes of at least 4 members (excludes halogenated alkanes) is 1. The highest BCUT2D eigenvalue weighted by molar-refractivity contribution is 5.63. The van der Waals surface area contributed by atoms with Crippen LogP contribution in [0, 0.1) is 11.3 Å². The fourth-order valence-electron chi connectivity index (χ4n) is 2.63. The minimum absolute atomic E-state index is 0.163. The number of nitriles is 1. The zero-order valence-corrected chi connectivity index (χ0v) is 13.9. The van der Waals surface area contributed by atoms with E-state index in [4.69, 9.17) is 5.26 Å². The van der Waals surface area contributed by atoms with E-state index in [2.05, 4.69) is 23.0 Å². The van der Waals surface area contributed by atoms with E-state index >= 15 is 0 Å². The lowest BCUT2D eigenvalue weighted by Gasteiger charge is -2.20. The van der Waals surface area contributed by atoms with Gasteiger partial charge < -0.3 is 5.11 Å². The van der Waals surface area contributed by atoms with Crippen molar-refractivity contribution in [2.45, 2.75) is 26.3 Å². The summed E-state index contributed by atoms with van der Waals surface area (Å²) < 4.78 is 1.82. The Morgan fingerprint density at radius 2 is 2.00 bits per heavy atom. The molecule has 0 saturated carbocycles. The molecule has 0 aliphatic heterocycles. The molecule has 0 saturated heterocycles. The topological polar surface area (TPSA) is 65.1 Å². The summed E-state index contributed by atoms with van der Waals surface area (Å²) in [6, 6.07) is 9.64. The van der Waals surface area contributed by atoms with Crippen LogP contribution in [0.3, 0.4) is 0 Å². The number of hydrogen-bond acceptors (Lipinski definition) is 4. The highest BCUT2D eigenvalue weighted by Crippen LogP contribution is 2.23. The van der Waals surface area contributed by atoms with Crippen molar-refractivity contribution in [3.63, 3.8) is 0 Å². The Kier molecular flexibility index (Phi) is 6.33. The molecule has 0 aliphatic rings. The normalized spacial score (nSPS) is 10.9. The van der Waals surface area contributed by atoms with Crippen LogP contribution in [0.25, 0.3) is 11.3 Å². The lowest BCUT2D eigenvalue weighted by atomic mass is 10.1. The van der Waals surface area contributed by atoms with Gasteiger partial charge in [-0.05, 0) is 25.1 Å². The maximum Gasteiger partial charge on any atom is 0.0991 e. The molecule has 5 heteroatoms. The molecule has 0 radical (unpaired) electrons. The number of aliphatic hydroxyl groups is 1. The van der Waals surface area contributed by atoms with Gasteiger partial charge in [-0.25, -0.2) is 0 Å². The van der Waals surface area contributed by atoms with Crippen LogP contribution in [0.2, 0.25) is 0 Å². The van der Waals surface area contributed by atoms with E-state index in [0.29, 0.717) is 12.1 Å². The Labute approximate surface area is 137 Å². The van der Waals surface area contributed by atoms with Crippen molar-refractivity contribution in [2.75, 3.05) is 19.7 Å². The molecule has 1 N–H and O–H groups in total. The van der Waals surface area contributed by atoms with Crippen LogP contribution in [0.1, 0.15) is 30.9 Å². The fraction of sp³-hybridized carbons (Fsp3) is 0.444. The molecule has 1 aromatic heterocycles. The molecule has 0 fully saturated rings. The average molecular weight is 312 g/mol. The van der Waals surface area contributed by atoms with Crippen LogP contribution in [0.15, 0.2) is 30.5 Å². The van der Waals surface area contributed by atoms with E-state index in [1.807, 2.05) is 42.2 Å². The number of hydrogen-bond donors (Lipinski definition) is 1.